The maximum Gasteiger partial charge on any atom is 0.359 e. The van der Waals surface area contributed by atoms with E-state index in [9.17, 15) is 19.2 Å². The van der Waals surface area contributed by atoms with Crippen molar-refractivity contribution in [3.8, 4) is 0 Å². The van der Waals surface area contributed by atoms with Gasteiger partial charge in [0.2, 0.25) is 0 Å². The lowest BCUT2D eigenvalue weighted by Crippen LogP contribution is -2.80. The number of halogens is 2. The molecule has 40 heavy (non-hydrogen) atoms. The van der Waals surface area contributed by atoms with Gasteiger partial charge in [0, 0.05) is 21.4 Å². The lowest BCUT2D eigenvalue weighted by Gasteiger charge is -2.51. The van der Waals surface area contributed by atoms with Crippen molar-refractivity contribution in [1.82, 2.24) is 19.6 Å². The van der Waals surface area contributed by atoms with Crippen molar-refractivity contribution >= 4 is 58.6 Å². The summed E-state index contributed by atoms with van der Waals surface area (Å²) in [4.78, 5) is 65.2. The van der Waals surface area contributed by atoms with Crippen molar-refractivity contribution in [1.29, 1.82) is 0 Å². The van der Waals surface area contributed by atoms with E-state index in [4.69, 9.17) is 32.7 Å². The van der Waals surface area contributed by atoms with E-state index in [1.807, 2.05) is 0 Å². The highest BCUT2D eigenvalue weighted by atomic mass is 35.5. The molecule has 0 atom stereocenters. The number of hydrogen-bond acceptors (Lipinski definition) is 8. The largest absolute Gasteiger partial charge is 0.463 e. The van der Waals surface area contributed by atoms with Gasteiger partial charge in [-0.3, -0.25) is 19.6 Å². The van der Waals surface area contributed by atoms with Gasteiger partial charge in [-0.2, -0.15) is 0 Å². The van der Waals surface area contributed by atoms with E-state index in [0.29, 0.717) is 21.4 Å². The summed E-state index contributed by atoms with van der Waals surface area (Å²) in [6, 6.07) is 12.5. The van der Waals surface area contributed by atoms with E-state index in [2.05, 4.69) is 0 Å². The summed E-state index contributed by atoms with van der Waals surface area (Å²) in [5.41, 5.74) is -2.89. The first-order valence-corrected chi connectivity index (χ1v) is 13.5. The van der Waals surface area contributed by atoms with E-state index in [-0.39, 0.29) is 39.9 Å². The molecule has 0 radical (unpaired) electrons. The summed E-state index contributed by atoms with van der Waals surface area (Å²) in [7, 11) is 0. The number of rotatable bonds is 6. The second-order valence-corrected chi connectivity index (χ2v) is 10.5. The van der Waals surface area contributed by atoms with Crippen LogP contribution in [0.3, 0.4) is 0 Å². The molecule has 210 valence electrons. The van der Waals surface area contributed by atoms with Crippen molar-refractivity contribution in [3.05, 3.63) is 58.6 Å². The molecule has 12 nitrogen and oxygen atoms in total. The third kappa shape index (κ3) is 3.26. The Bertz CT molecular complexity index is 1250. The number of esters is 2. The number of amides is 4. The molecule has 6 rings (SSSR count). The van der Waals surface area contributed by atoms with Gasteiger partial charge in [0.1, 0.15) is 0 Å². The van der Waals surface area contributed by atoms with Gasteiger partial charge < -0.3 is 19.3 Å². The fraction of sp³-hybridized carbons (Fsp3) is 0.385. The number of benzene rings is 2. The van der Waals surface area contributed by atoms with E-state index in [0.717, 1.165) is 0 Å². The molecule has 0 unspecified atom stereocenters. The van der Waals surface area contributed by atoms with Crippen LogP contribution in [-0.4, -0.2) is 94.8 Å². The number of hydrogen-bond donors (Lipinski definition) is 0. The van der Waals surface area contributed by atoms with Crippen molar-refractivity contribution in [2.45, 2.75) is 25.2 Å². The summed E-state index contributed by atoms with van der Waals surface area (Å²) in [6.45, 7) is 2.79. The van der Waals surface area contributed by atoms with Crippen LogP contribution >= 0.6 is 23.2 Å². The minimum absolute atomic E-state index is 0.0264. The molecule has 4 aliphatic rings. The maximum absolute atomic E-state index is 14.3. The molecule has 4 amide bonds. The lowest BCUT2D eigenvalue weighted by molar-refractivity contribution is -0.194. The van der Waals surface area contributed by atoms with Crippen LogP contribution in [0.15, 0.2) is 48.5 Å². The summed E-state index contributed by atoms with van der Waals surface area (Å²) < 4.78 is 11.0. The Labute approximate surface area is 240 Å². The van der Waals surface area contributed by atoms with Crippen molar-refractivity contribution in [3.63, 3.8) is 0 Å². The number of ether oxygens (including phenoxy) is 2. The van der Waals surface area contributed by atoms with Gasteiger partial charge in [-0.1, -0.05) is 23.2 Å². The van der Waals surface area contributed by atoms with Crippen molar-refractivity contribution in [2.75, 3.05) is 49.7 Å². The fourth-order valence-corrected chi connectivity index (χ4v) is 6.38. The third-order valence-corrected chi connectivity index (χ3v) is 8.23. The Balaban J connectivity index is 1.54. The predicted molar refractivity (Wildman–Crippen MR) is 144 cm³/mol. The van der Waals surface area contributed by atoms with Gasteiger partial charge >= 0.3 is 24.0 Å². The Morgan fingerprint density at radius 3 is 1.23 bits per heavy atom. The highest BCUT2D eigenvalue weighted by Crippen LogP contribution is 2.56. The van der Waals surface area contributed by atoms with Gasteiger partial charge in [-0.25, -0.2) is 19.2 Å². The Kier molecular flexibility index (Phi) is 6.15. The molecule has 4 heterocycles. The first-order chi connectivity index (χ1) is 19.2. The second-order valence-electron chi connectivity index (χ2n) is 9.66. The minimum atomic E-state index is -2.11. The maximum atomic E-state index is 14.3. The molecular weight excluding hydrogens is 563 g/mol. The van der Waals surface area contributed by atoms with Crippen LogP contribution in [0, 0.1) is 0 Å². The van der Waals surface area contributed by atoms with Crippen molar-refractivity contribution < 1.29 is 28.7 Å². The first kappa shape index (κ1) is 26.3. The summed E-state index contributed by atoms with van der Waals surface area (Å²) in [5, 5.41) is 1.04. The van der Waals surface area contributed by atoms with Crippen LogP contribution < -0.4 is 9.80 Å². The van der Waals surface area contributed by atoms with E-state index >= 15 is 0 Å². The smallest absolute Gasteiger partial charge is 0.359 e. The molecule has 2 aromatic carbocycles. The Morgan fingerprint density at radius 2 is 0.950 bits per heavy atom. The molecule has 0 saturated carbocycles. The van der Waals surface area contributed by atoms with Crippen molar-refractivity contribution in [2.24, 2.45) is 0 Å². The molecule has 0 spiro atoms. The number of anilines is 2. The van der Waals surface area contributed by atoms with Crippen LogP contribution in [0.1, 0.15) is 13.8 Å². The normalized spacial score (nSPS) is 25.0. The molecule has 4 fully saturated rings. The molecule has 0 aliphatic carbocycles. The van der Waals surface area contributed by atoms with Crippen LogP contribution in [0.25, 0.3) is 0 Å². The summed E-state index contributed by atoms with van der Waals surface area (Å²) in [6.07, 6.45) is 0. The highest BCUT2D eigenvalue weighted by Gasteiger charge is 2.89. The molecule has 4 aliphatic heterocycles. The zero-order chi connectivity index (χ0) is 28.4. The van der Waals surface area contributed by atoms with Gasteiger partial charge in [-0.05, 0) is 62.4 Å². The summed E-state index contributed by atoms with van der Waals surface area (Å²) in [5.74, 6) is -1.77. The molecular formula is C26H26Cl2N6O6. The second kappa shape index (κ2) is 9.34. The number of urea groups is 2. The average Bonchev–Trinajstić information content (AvgIpc) is 3.33. The van der Waals surface area contributed by atoms with Gasteiger partial charge in [0.25, 0.3) is 11.3 Å². The van der Waals surface area contributed by atoms with Crippen LogP contribution in [0.5, 0.6) is 0 Å². The lowest BCUT2D eigenvalue weighted by atomic mass is 9.89. The third-order valence-electron chi connectivity index (χ3n) is 7.72. The molecule has 14 heteroatoms. The zero-order valence-corrected chi connectivity index (χ0v) is 23.3. The van der Waals surface area contributed by atoms with Gasteiger partial charge in [-0.15, -0.1) is 0 Å². The Morgan fingerprint density at radius 1 is 0.650 bits per heavy atom. The topological polar surface area (TPSA) is 106 Å². The molecule has 4 saturated heterocycles. The monoisotopic (exact) mass is 588 g/mol. The molecule has 0 bridgehead atoms. The SMILES string of the molecule is CCOC(=O)C12N3CN(c4ccc(Cl)cc4)CN1C(=O)N1CN(c4ccc(Cl)cc4)CN(C3=O)C12C(=O)OCC. The van der Waals surface area contributed by atoms with E-state index in [1.165, 1.54) is 19.6 Å². The van der Waals surface area contributed by atoms with Gasteiger partial charge in [0.05, 0.1) is 39.9 Å². The molecule has 0 N–H and O–H groups in total. The number of carbonyl (C=O) groups excluding carboxylic acids is 4. The summed E-state index contributed by atoms with van der Waals surface area (Å²) >= 11 is 12.2. The highest BCUT2D eigenvalue weighted by molar-refractivity contribution is 6.31. The number of nitrogens with zero attached hydrogens (tertiary/aromatic N) is 6. The standard InChI is InChI=1S/C26H26Cl2N6O6/c1-3-39-21(35)25-26(22(36)40-4-2)33-15-30(20-11-7-18(28)8-12-20)16-34(26)24(38)32(25)14-29(13-31(25)23(33)37)19-9-5-17(27)6-10-19/h5-12H,3-4,13-16H2,1-2H3. The van der Waals surface area contributed by atoms with Crippen LogP contribution in [0.2, 0.25) is 10.0 Å². The quantitative estimate of drug-likeness (QED) is 0.474. The zero-order valence-electron chi connectivity index (χ0n) is 21.8. The fourth-order valence-electron chi connectivity index (χ4n) is 6.13. The molecule has 0 aromatic heterocycles. The van der Waals surface area contributed by atoms with E-state index in [1.54, 1.807) is 72.2 Å². The van der Waals surface area contributed by atoms with Crippen LogP contribution in [-0.2, 0) is 19.1 Å². The average molecular weight is 589 g/mol. The number of carbonyl (C=O) groups is 4. The predicted octanol–water partition coefficient (Wildman–Crippen LogP) is 3.16. The van der Waals surface area contributed by atoms with Gasteiger partial charge in [0.15, 0.2) is 0 Å². The van der Waals surface area contributed by atoms with Crippen LogP contribution in [0.4, 0.5) is 21.0 Å². The first-order valence-electron chi connectivity index (χ1n) is 12.8. The Hall–Kier alpha value is -3.90. The van der Waals surface area contributed by atoms with E-state index < -0.39 is 35.3 Å². The minimum Gasteiger partial charge on any atom is -0.463 e. The molecule has 2 aromatic rings.